The number of hydrogen-bond acceptors (Lipinski definition) is 4. The van der Waals surface area contributed by atoms with Gasteiger partial charge in [-0.1, -0.05) is 18.2 Å². The first-order valence-corrected chi connectivity index (χ1v) is 8.44. The number of aliphatic hydroxyl groups excluding tert-OH is 1. The Bertz CT molecular complexity index is 755. The molecule has 4 nitrogen and oxygen atoms in total. The summed E-state index contributed by atoms with van der Waals surface area (Å²) in [4.78, 5) is 6.07. The molecule has 1 aliphatic heterocycles. The minimum atomic E-state index is -4.42. The van der Waals surface area contributed by atoms with Gasteiger partial charge < -0.3 is 9.52 Å². The number of alkyl halides is 3. The molecule has 1 aliphatic carbocycles. The van der Waals surface area contributed by atoms with Crippen LogP contribution in [0.25, 0.3) is 0 Å². The second-order valence-corrected chi connectivity index (χ2v) is 6.85. The number of oxazole rings is 1. The van der Waals surface area contributed by atoms with Crippen molar-refractivity contribution in [1.29, 1.82) is 0 Å². The number of benzene rings is 1. The Kier molecular flexibility index (Phi) is 4.08. The van der Waals surface area contributed by atoms with E-state index in [1.165, 1.54) is 12.1 Å². The number of halogens is 3. The molecule has 2 fully saturated rings. The first-order chi connectivity index (χ1) is 11.9. The van der Waals surface area contributed by atoms with Crippen molar-refractivity contribution in [2.75, 3.05) is 6.54 Å². The maximum Gasteiger partial charge on any atom is 0.416 e. The largest absolute Gasteiger partial charge is 0.444 e. The molecule has 0 spiro atoms. The molecule has 25 heavy (non-hydrogen) atoms. The molecular weight excluding hydrogens is 333 g/mol. The third-order valence-electron chi connectivity index (χ3n) is 4.90. The van der Waals surface area contributed by atoms with Crippen LogP contribution < -0.4 is 0 Å². The monoisotopic (exact) mass is 352 g/mol. The maximum absolute atomic E-state index is 13.3. The van der Waals surface area contributed by atoms with Gasteiger partial charge in [-0.15, -0.1) is 0 Å². The Hall–Kier alpha value is -1.86. The van der Waals surface area contributed by atoms with Gasteiger partial charge in [-0.3, -0.25) is 4.90 Å². The summed E-state index contributed by atoms with van der Waals surface area (Å²) in [6.45, 7) is 0.596. The van der Waals surface area contributed by atoms with Crippen molar-refractivity contribution in [3.63, 3.8) is 0 Å². The maximum atomic E-state index is 13.3. The van der Waals surface area contributed by atoms with Crippen molar-refractivity contribution >= 4 is 0 Å². The Balaban J connectivity index is 1.59. The molecule has 4 rings (SSSR count). The van der Waals surface area contributed by atoms with E-state index >= 15 is 0 Å². The molecule has 0 bridgehead atoms. The van der Waals surface area contributed by atoms with Crippen molar-refractivity contribution < 1.29 is 22.7 Å². The highest BCUT2D eigenvalue weighted by Gasteiger charge is 2.40. The van der Waals surface area contributed by atoms with Crippen molar-refractivity contribution in [2.24, 2.45) is 0 Å². The lowest BCUT2D eigenvalue weighted by Crippen LogP contribution is -2.26. The number of rotatable bonds is 4. The van der Waals surface area contributed by atoms with Gasteiger partial charge in [0.1, 0.15) is 5.76 Å². The Morgan fingerprint density at radius 3 is 2.72 bits per heavy atom. The van der Waals surface area contributed by atoms with Crippen LogP contribution in [0.1, 0.15) is 54.0 Å². The lowest BCUT2D eigenvalue weighted by Gasteiger charge is -2.25. The summed E-state index contributed by atoms with van der Waals surface area (Å²) in [6, 6.07) is 5.06. The van der Waals surface area contributed by atoms with Gasteiger partial charge in [-0.25, -0.2) is 4.98 Å². The number of aliphatic hydroxyl groups is 1. The van der Waals surface area contributed by atoms with Gasteiger partial charge in [0.05, 0.1) is 24.4 Å². The molecule has 0 radical (unpaired) electrons. The van der Waals surface area contributed by atoms with Crippen molar-refractivity contribution in [3.05, 3.63) is 53.2 Å². The molecule has 0 unspecified atom stereocenters. The van der Waals surface area contributed by atoms with E-state index in [9.17, 15) is 18.3 Å². The van der Waals surface area contributed by atoms with Crippen LogP contribution >= 0.6 is 0 Å². The van der Waals surface area contributed by atoms with E-state index < -0.39 is 23.9 Å². The molecule has 1 aromatic heterocycles. The SMILES string of the molecule is O[C@H]1C[C@@H](c2ccccc2C(F)(F)F)N(Cc2ncc(C3CC3)o2)C1. The van der Waals surface area contributed by atoms with Gasteiger partial charge in [0.15, 0.2) is 0 Å². The predicted molar refractivity (Wildman–Crippen MR) is 83.7 cm³/mol. The highest BCUT2D eigenvalue weighted by molar-refractivity contribution is 5.33. The van der Waals surface area contributed by atoms with E-state index in [4.69, 9.17) is 4.42 Å². The molecule has 2 aromatic rings. The van der Waals surface area contributed by atoms with E-state index in [1.54, 1.807) is 12.3 Å². The van der Waals surface area contributed by atoms with E-state index in [1.807, 2.05) is 4.90 Å². The number of β-amino-alcohol motifs (C(OH)–C–C–N with tert-alkyl or cyclic N) is 1. The van der Waals surface area contributed by atoms with Crippen LogP contribution in [0.3, 0.4) is 0 Å². The smallest absolute Gasteiger partial charge is 0.416 e. The first-order valence-electron chi connectivity index (χ1n) is 8.44. The molecule has 0 amide bonds. The Labute approximate surface area is 143 Å². The van der Waals surface area contributed by atoms with Crippen molar-refractivity contribution in [2.45, 2.75) is 50.0 Å². The molecular formula is C18H19F3N2O2. The quantitative estimate of drug-likeness (QED) is 0.907. The molecule has 2 atom stereocenters. The van der Waals surface area contributed by atoms with Gasteiger partial charge in [-0.2, -0.15) is 13.2 Å². The zero-order chi connectivity index (χ0) is 17.6. The van der Waals surface area contributed by atoms with Crippen molar-refractivity contribution in [3.8, 4) is 0 Å². The minimum Gasteiger partial charge on any atom is -0.444 e. The summed E-state index contributed by atoms with van der Waals surface area (Å²) in [5, 5.41) is 10.0. The zero-order valence-corrected chi connectivity index (χ0v) is 13.5. The third-order valence-corrected chi connectivity index (χ3v) is 4.90. The highest BCUT2D eigenvalue weighted by atomic mass is 19.4. The fourth-order valence-corrected chi connectivity index (χ4v) is 3.55. The fourth-order valence-electron chi connectivity index (χ4n) is 3.55. The molecule has 1 N–H and O–H groups in total. The summed E-state index contributed by atoms with van der Waals surface area (Å²) in [5.74, 6) is 1.78. The zero-order valence-electron chi connectivity index (χ0n) is 13.5. The Morgan fingerprint density at radius 1 is 1.24 bits per heavy atom. The summed E-state index contributed by atoms with van der Waals surface area (Å²) in [6.07, 6.45) is -0.916. The molecule has 2 heterocycles. The molecule has 7 heteroatoms. The van der Waals surface area contributed by atoms with E-state index in [0.717, 1.165) is 24.7 Å². The number of aromatic nitrogens is 1. The van der Waals surface area contributed by atoms with E-state index in [-0.39, 0.29) is 12.0 Å². The average molecular weight is 352 g/mol. The molecule has 134 valence electrons. The summed E-state index contributed by atoms with van der Waals surface area (Å²) >= 11 is 0. The Morgan fingerprint density at radius 2 is 2.00 bits per heavy atom. The van der Waals surface area contributed by atoms with Crippen molar-refractivity contribution in [1.82, 2.24) is 9.88 Å². The van der Waals surface area contributed by atoms with Crippen LogP contribution in [0.5, 0.6) is 0 Å². The minimum absolute atomic E-state index is 0.195. The fraction of sp³-hybridized carbons (Fsp3) is 0.500. The van der Waals surface area contributed by atoms with Crippen LogP contribution in [0, 0.1) is 0 Å². The molecule has 2 aliphatic rings. The highest BCUT2D eigenvalue weighted by Crippen LogP contribution is 2.42. The van der Waals surface area contributed by atoms with E-state index in [0.29, 0.717) is 24.9 Å². The van der Waals surface area contributed by atoms with Gasteiger partial charge in [-0.05, 0) is 30.9 Å². The number of likely N-dealkylation sites (tertiary alicyclic amines) is 1. The first kappa shape index (κ1) is 16.6. The normalized spacial score (nSPS) is 24.8. The summed E-state index contributed by atoms with van der Waals surface area (Å²) in [5.41, 5.74) is -0.453. The third kappa shape index (κ3) is 3.43. The van der Waals surface area contributed by atoms with Crippen LogP contribution in [0.4, 0.5) is 13.2 Å². The lowest BCUT2D eigenvalue weighted by atomic mass is 9.97. The average Bonchev–Trinajstić information content (AvgIpc) is 3.20. The second-order valence-electron chi connectivity index (χ2n) is 6.85. The van der Waals surface area contributed by atoms with Crippen LogP contribution in [0.2, 0.25) is 0 Å². The van der Waals surface area contributed by atoms with Gasteiger partial charge in [0, 0.05) is 18.5 Å². The molecule has 1 aromatic carbocycles. The van der Waals surface area contributed by atoms with Crippen LogP contribution in [-0.2, 0) is 12.7 Å². The van der Waals surface area contributed by atoms with Crippen LogP contribution in [0.15, 0.2) is 34.9 Å². The second kappa shape index (κ2) is 6.14. The number of nitrogens with zero attached hydrogens (tertiary/aromatic N) is 2. The van der Waals surface area contributed by atoms with E-state index in [2.05, 4.69) is 4.98 Å². The predicted octanol–water partition coefficient (Wildman–Crippen LogP) is 3.88. The standard InChI is InChI=1S/C18H19F3N2O2/c19-18(20,21)14-4-2-1-3-13(14)15-7-12(24)9-23(15)10-17-22-8-16(25-17)11-5-6-11/h1-4,8,11-12,15,24H,5-7,9-10H2/t12-,15-/m0/s1. The molecule has 1 saturated heterocycles. The topological polar surface area (TPSA) is 49.5 Å². The summed E-state index contributed by atoms with van der Waals surface area (Å²) in [7, 11) is 0. The van der Waals surface area contributed by atoms with Gasteiger partial charge in [0.2, 0.25) is 5.89 Å². The number of hydrogen-bond donors (Lipinski definition) is 1. The van der Waals surface area contributed by atoms with Crippen LogP contribution in [-0.4, -0.2) is 27.6 Å². The van der Waals surface area contributed by atoms with Gasteiger partial charge in [0.25, 0.3) is 0 Å². The lowest BCUT2D eigenvalue weighted by molar-refractivity contribution is -0.138. The molecule has 1 saturated carbocycles. The summed E-state index contributed by atoms with van der Waals surface area (Å²) < 4.78 is 45.8. The van der Waals surface area contributed by atoms with Gasteiger partial charge >= 0.3 is 6.18 Å².